The molecule has 0 radical (unpaired) electrons. The third kappa shape index (κ3) is 2.09. The molecule has 0 aliphatic carbocycles. The van der Waals surface area contributed by atoms with Crippen LogP contribution in [0.2, 0.25) is 0 Å². The van der Waals surface area contributed by atoms with Crippen LogP contribution in [-0.2, 0) is 0 Å². The average molecular weight is 271 g/mol. The van der Waals surface area contributed by atoms with E-state index in [0.29, 0.717) is 0 Å². The lowest BCUT2D eigenvalue weighted by Gasteiger charge is -2.09. The van der Waals surface area contributed by atoms with Gasteiger partial charge in [0.15, 0.2) is 5.82 Å². The fourth-order valence-corrected chi connectivity index (χ4v) is 2.51. The molecule has 0 atom stereocenters. The van der Waals surface area contributed by atoms with Gasteiger partial charge < -0.3 is 5.32 Å². The van der Waals surface area contributed by atoms with Crippen molar-refractivity contribution in [1.29, 1.82) is 0 Å². The normalized spacial score (nSPS) is 12.5. The summed E-state index contributed by atoms with van der Waals surface area (Å²) >= 11 is 0. The number of para-hydroxylation sites is 1. The van der Waals surface area contributed by atoms with Crippen LogP contribution in [0.3, 0.4) is 0 Å². The number of rotatable bonds is 1. The number of nitrogens with one attached hydrogen (secondary N) is 1. The van der Waals surface area contributed by atoms with E-state index in [1.54, 1.807) is 6.20 Å². The summed E-state index contributed by atoms with van der Waals surface area (Å²) in [7, 11) is 0. The highest BCUT2D eigenvalue weighted by Gasteiger charge is 2.17. The minimum Gasteiger partial charge on any atom is -0.338 e. The Kier molecular flexibility index (Phi) is 2.75. The zero-order valence-electron chi connectivity index (χ0n) is 11.3. The van der Waals surface area contributed by atoms with Gasteiger partial charge in [0.25, 0.3) is 0 Å². The second-order valence-electron chi connectivity index (χ2n) is 4.87. The van der Waals surface area contributed by atoms with E-state index in [0.717, 1.165) is 34.0 Å². The highest BCUT2D eigenvalue weighted by atomic mass is 15.0. The standard InChI is InChI=1S/C18H13N3/c1-2-7-13(8-3-1)17-14-9-4-5-10-15(14)21-18-16(20-17)11-6-12-19-18/h1-12H,(H,19,21). The number of hydrogen-bond acceptors (Lipinski definition) is 3. The number of pyridine rings is 1. The molecular formula is C18H13N3. The van der Waals surface area contributed by atoms with E-state index in [1.807, 2.05) is 42.5 Å². The van der Waals surface area contributed by atoms with Gasteiger partial charge in [0, 0.05) is 23.0 Å². The molecule has 2 aromatic carbocycles. The van der Waals surface area contributed by atoms with Gasteiger partial charge in [0.2, 0.25) is 0 Å². The predicted octanol–water partition coefficient (Wildman–Crippen LogP) is 4.31. The van der Waals surface area contributed by atoms with Gasteiger partial charge in [0.05, 0.1) is 5.71 Å². The first-order valence-corrected chi connectivity index (χ1v) is 6.87. The van der Waals surface area contributed by atoms with Crippen LogP contribution < -0.4 is 5.32 Å². The molecule has 3 heteroatoms. The number of aliphatic imine (C=N–C) groups is 1. The molecule has 0 fully saturated rings. The number of aromatic nitrogens is 1. The van der Waals surface area contributed by atoms with Crippen LogP contribution in [0.15, 0.2) is 77.9 Å². The zero-order chi connectivity index (χ0) is 14.1. The van der Waals surface area contributed by atoms with Crippen molar-refractivity contribution in [2.75, 3.05) is 5.32 Å². The first kappa shape index (κ1) is 11.9. The van der Waals surface area contributed by atoms with Crippen molar-refractivity contribution in [3.63, 3.8) is 0 Å². The van der Waals surface area contributed by atoms with Crippen molar-refractivity contribution < 1.29 is 0 Å². The van der Waals surface area contributed by atoms with Gasteiger partial charge in [-0.2, -0.15) is 0 Å². The topological polar surface area (TPSA) is 37.3 Å². The van der Waals surface area contributed by atoms with E-state index in [2.05, 4.69) is 34.6 Å². The summed E-state index contributed by atoms with van der Waals surface area (Å²) in [4.78, 5) is 9.23. The van der Waals surface area contributed by atoms with E-state index in [4.69, 9.17) is 4.99 Å². The molecular weight excluding hydrogens is 258 g/mol. The Bertz CT molecular complexity index is 823. The molecule has 1 aliphatic heterocycles. The maximum Gasteiger partial charge on any atom is 0.156 e. The molecule has 0 unspecified atom stereocenters. The second kappa shape index (κ2) is 4.87. The minimum atomic E-state index is 0.788. The highest BCUT2D eigenvalue weighted by Crippen LogP contribution is 2.33. The quantitative estimate of drug-likeness (QED) is 0.560. The van der Waals surface area contributed by atoms with Crippen LogP contribution in [0.5, 0.6) is 0 Å². The summed E-state index contributed by atoms with van der Waals surface area (Å²) < 4.78 is 0. The third-order valence-electron chi connectivity index (χ3n) is 3.50. The molecule has 0 spiro atoms. The molecule has 1 aromatic heterocycles. The maximum absolute atomic E-state index is 4.84. The molecule has 0 saturated heterocycles. The highest BCUT2D eigenvalue weighted by molar-refractivity contribution is 6.18. The molecule has 2 heterocycles. The Morgan fingerprint density at radius 3 is 2.48 bits per heavy atom. The molecule has 4 rings (SSSR count). The maximum atomic E-state index is 4.84. The van der Waals surface area contributed by atoms with E-state index < -0.39 is 0 Å². The summed E-state index contributed by atoms with van der Waals surface area (Å²) in [6.07, 6.45) is 1.78. The van der Waals surface area contributed by atoms with Gasteiger partial charge in [-0.25, -0.2) is 9.98 Å². The Morgan fingerprint density at radius 2 is 1.57 bits per heavy atom. The molecule has 100 valence electrons. The van der Waals surface area contributed by atoms with Crippen LogP contribution in [0.25, 0.3) is 0 Å². The second-order valence-corrected chi connectivity index (χ2v) is 4.87. The summed E-state index contributed by atoms with van der Waals surface area (Å²) in [5.74, 6) is 0.788. The molecule has 0 amide bonds. The number of nitrogens with zero attached hydrogens (tertiary/aromatic N) is 2. The third-order valence-corrected chi connectivity index (χ3v) is 3.50. The number of benzene rings is 2. The van der Waals surface area contributed by atoms with Gasteiger partial charge >= 0.3 is 0 Å². The minimum absolute atomic E-state index is 0.788. The zero-order valence-corrected chi connectivity index (χ0v) is 11.3. The number of hydrogen-bond donors (Lipinski definition) is 1. The monoisotopic (exact) mass is 271 g/mol. The molecule has 21 heavy (non-hydrogen) atoms. The molecule has 1 N–H and O–H groups in total. The first-order chi connectivity index (χ1) is 10.4. The van der Waals surface area contributed by atoms with E-state index >= 15 is 0 Å². The predicted molar refractivity (Wildman–Crippen MR) is 85.7 cm³/mol. The number of fused-ring (bicyclic) bond motifs is 2. The lowest BCUT2D eigenvalue weighted by Crippen LogP contribution is -2.04. The van der Waals surface area contributed by atoms with Gasteiger partial charge in [-0.15, -0.1) is 0 Å². The fourth-order valence-electron chi connectivity index (χ4n) is 2.51. The molecule has 3 aromatic rings. The van der Waals surface area contributed by atoms with Crippen LogP contribution in [0.1, 0.15) is 11.1 Å². The lowest BCUT2D eigenvalue weighted by atomic mass is 10.0. The van der Waals surface area contributed by atoms with E-state index in [-0.39, 0.29) is 0 Å². The van der Waals surface area contributed by atoms with Gasteiger partial charge in [-0.1, -0.05) is 48.5 Å². The average Bonchev–Trinajstić information content (AvgIpc) is 2.72. The van der Waals surface area contributed by atoms with Gasteiger partial charge in [-0.05, 0) is 18.2 Å². The van der Waals surface area contributed by atoms with Crippen molar-refractivity contribution in [1.82, 2.24) is 4.98 Å². The molecule has 0 bridgehead atoms. The van der Waals surface area contributed by atoms with Crippen molar-refractivity contribution in [2.45, 2.75) is 0 Å². The summed E-state index contributed by atoms with van der Waals surface area (Å²) in [6, 6.07) is 22.3. The van der Waals surface area contributed by atoms with Crippen molar-refractivity contribution in [2.24, 2.45) is 4.99 Å². The largest absolute Gasteiger partial charge is 0.338 e. The van der Waals surface area contributed by atoms with E-state index in [1.165, 1.54) is 0 Å². The summed E-state index contributed by atoms with van der Waals surface area (Å²) in [5, 5.41) is 3.38. The number of anilines is 2. The van der Waals surface area contributed by atoms with Crippen LogP contribution in [-0.4, -0.2) is 10.7 Å². The van der Waals surface area contributed by atoms with E-state index in [9.17, 15) is 0 Å². The molecule has 3 nitrogen and oxygen atoms in total. The van der Waals surface area contributed by atoms with Gasteiger partial charge in [-0.3, -0.25) is 0 Å². The smallest absolute Gasteiger partial charge is 0.156 e. The van der Waals surface area contributed by atoms with Crippen LogP contribution in [0.4, 0.5) is 17.2 Å². The fraction of sp³-hybridized carbons (Fsp3) is 0. The van der Waals surface area contributed by atoms with Crippen LogP contribution in [0, 0.1) is 0 Å². The van der Waals surface area contributed by atoms with Crippen LogP contribution >= 0.6 is 0 Å². The van der Waals surface area contributed by atoms with Gasteiger partial charge in [0.1, 0.15) is 5.69 Å². The van der Waals surface area contributed by atoms with Crippen molar-refractivity contribution >= 4 is 22.9 Å². The summed E-state index contributed by atoms with van der Waals surface area (Å²) in [5.41, 5.74) is 5.03. The lowest BCUT2D eigenvalue weighted by molar-refractivity contribution is 1.30. The Balaban J connectivity index is 2.00. The Morgan fingerprint density at radius 1 is 0.762 bits per heavy atom. The molecule has 1 aliphatic rings. The molecule has 0 saturated carbocycles. The Labute approximate surface area is 123 Å². The SMILES string of the molecule is c1ccc(C2=Nc3cccnc3Nc3ccccc32)cc1. The summed E-state index contributed by atoms with van der Waals surface area (Å²) in [6.45, 7) is 0. The Hall–Kier alpha value is -2.94. The van der Waals surface area contributed by atoms with Crippen molar-refractivity contribution in [3.8, 4) is 0 Å². The first-order valence-electron chi connectivity index (χ1n) is 6.87. The van der Waals surface area contributed by atoms with Crippen molar-refractivity contribution in [3.05, 3.63) is 84.1 Å².